The number of aromatic nitrogens is 1. The molecule has 1 aliphatic rings. The molecule has 3 aromatic rings. The third kappa shape index (κ3) is 3.37. The van der Waals surface area contributed by atoms with Gasteiger partial charge in [0.2, 0.25) is 0 Å². The Morgan fingerprint density at radius 2 is 1.81 bits per heavy atom. The molecule has 26 heavy (non-hydrogen) atoms. The van der Waals surface area contributed by atoms with Crippen molar-refractivity contribution in [2.75, 3.05) is 26.2 Å². The fourth-order valence-corrected chi connectivity index (χ4v) is 4.18. The zero-order valence-electron chi connectivity index (χ0n) is 14.7. The number of hydrogen-bond acceptors (Lipinski definition) is 2. The van der Waals surface area contributed by atoms with Crippen molar-refractivity contribution in [3.05, 3.63) is 65.1 Å². The van der Waals surface area contributed by atoms with Gasteiger partial charge in [0.05, 0.1) is 5.52 Å². The van der Waals surface area contributed by atoms with E-state index >= 15 is 0 Å². The molecule has 0 amide bonds. The Morgan fingerprint density at radius 1 is 1.08 bits per heavy atom. The van der Waals surface area contributed by atoms with Gasteiger partial charge in [0.25, 0.3) is 0 Å². The van der Waals surface area contributed by atoms with Gasteiger partial charge in [-0.2, -0.15) is 0 Å². The van der Waals surface area contributed by atoms with Crippen LogP contribution in [0.5, 0.6) is 0 Å². The number of hydrogen-bond donors (Lipinski definition) is 1. The molecule has 0 spiro atoms. The van der Waals surface area contributed by atoms with Gasteiger partial charge in [0, 0.05) is 35.4 Å². The van der Waals surface area contributed by atoms with Gasteiger partial charge in [-0.25, -0.2) is 4.39 Å². The number of nitrogens with two attached hydrogens (primary N) is 1. The first-order valence-corrected chi connectivity index (χ1v) is 9.52. The fraction of sp³-hybridized carbons (Fsp3) is 0.333. The quantitative estimate of drug-likeness (QED) is 0.729. The first-order chi connectivity index (χ1) is 12.7. The number of halogens is 2. The van der Waals surface area contributed by atoms with E-state index in [9.17, 15) is 4.39 Å². The van der Waals surface area contributed by atoms with Crippen LogP contribution in [0.25, 0.3) is 16.6 Å². The molecule has 0 bridgehead atoms. The Morgan fingerprint density at radius 3 is 2.50 bits per heavy atom. The summed E-state index contributed by atoms with van der Waals surface area (Å²) in [6.45, 7) is 3.85. The lowest BCUT2D eigenvalue weighted by atomic mass is 9.89. The van der Waals surface area contributed by atoms with Crippen molar-refractivity contribution in [2.45, 2.75) is 18.8 Å². The largest absolute Gasteiger partial charge is 0.329 e. The van der Waals surface area contributed by atoms with E-state index in [-0.39, 0.29) is 5.82 Å². The average molecular weight is 372 g/mol. The second kappa shape index (κ2) is 7.39. The number of fused-ring (bicyclic) bond motifs is 1. The zero-order chi connectivity index (χ0) is 18.1. The highest BCUT2D eigenvalue weighted by Crippen LogP contribution is 2.36. The monoisotopic (exact) mass is 371 g/mol. The van der Waals surface area contributed by atoms with Crippen LogP contribution in [0.1, 0.15) is 24.3 Å². The van der Waals surface area contributed by atoms with Crippen molar-refractivity contribution in [3.63, 3.8) is 0 Å². The highest BCUT2D eigenvalue weighted by Gasteiger charge is 2.23. The molecule has 2 aromatic carbocycles. The van der Waals surface area contributed by atoms with Crippen molar-refractivity contribution in [1.82, 2.24) is 9.47 Å². The molecule has 0 aliphatic carbocycles. The topological polar surface area (TPSA) is 34.2 Å². The van der Waals surface area contributed by atoms with Crippen molar-refractivity contribution >= 4 is 22.5 Å². The lowest BCUT2D eigenvalue weighted by Gasteiger charge is -2.31. The van der Waals surface area contributed by atoms with Crippen LogP contribution in [-0.2, 0) is 0 Å². The summed E-state index contributed by atoms with van der Waals surface area (Å²) in [6.07, 6.45) is 4.47. The lowest BCUT2D eigenvalue weighted by molar-refractivity contribution is 0.218. The zero-order valence-corrected chi connectivity index (χ0v) is 15.4. The highest BCUT2D eigenvalue weighted by atomic mass is 35.5. The first-order valence-electron chi connectivity index (χ1n) is 9.14. The summed E-state index contributed by atoms with van der Waals surface area (Å²) in [5, 5.41) is 1.94. The molecular formula is C21H23ClFN3. The molecule has 0 atom stereocenters. The summed E-state index contributed by atoms with van der Waals surface area (Å²) in [5.74, 6) is 0.296. The van der Waals surface area contributed by atoms with E-state index in [0.29, 0.717) is 17.5 Å². The number of piperidine rings is 1. The number of rotatable bonds is 4. The van der Waals surface area contributed by atoms with E-state index in [1.165, 1.54) is 23.1 Å². The van der Waals surface area contributed by atoms with Crippen molar-refractivity contribution in [1.29, 1.82) is 0 Å². The molecule has 0 unspecified atom stereocenters. The second-order valence-electron chi connectivity index (χ2n) is 7.00. The molecule has 2 N–H and O–H groups in total. The minimum absolute atomic E-state index is 0.226. The number of likely N-dealkylation sites (tertiary alicyclic amines) is 1. The molecule has 0 saturated carbocycles. The maximum atomic E-state index is 13.3. The Bertz CT molecular complexity index is 896. The van der Waals surface area contributed by atoms with Crippen LogP contribution >= 0.6 is 11.6 Å². The van der Waals surface area contributed by atoms with Crippen LogP contribution in [-0.4, -0.2) is 35.6 Å². The standard InChI is InChI=1S/C21H23ClFN3/c22-16-1-6-19-20(15-7-10-25(11-8-15)12-9-24)14-26(21(19)13-16)18-4-2-17(23)3-5-18/h1-6,13-15H,7-12,24H2. The summed E-state index contributed by atoms with van der Waals surface area (Å²) in [7, 11) is 0. The Hall–Kier alpha value is -1.88. The molecule has 5 heteroatoms. The molecule has 1 aromatic heterocycles. The third-order valence-corrected chi connectivity index (χ3v) is 5.61. The smallest absolute Gasteiger partial charge is 0.123 e. The summed E-state index contributed by atoms with van der Waals surface area (Å²) < 4.78 is 15.5. The molecule has 2 heterocycles. The minimum atomic E-state index is -0.226. The van der Waals surface area contributed by atoms with E-state index in [0.717, 1.165) is 43.7 Å². The van der Waals surface area contributed by atoms with Crippen molar-refractivity contribution in [3.8, 4) is 5.69 Å². The molecule has 3 nitrogen and oxygen atoms in total. The lowest BCUT2D eigenvalue weighted by Crippen LogP contribution is -2.36. The third-order valence-electron chi connectivity index (χ3n) is 5.38. The first kappa shape index (κ1) is 17.5. The maximum Gasteiger partial charge on any atom is 0.123 e. The SMILES string of the molecule is NCCN1CCC(c2cn(-c3ccc(F)cc3)c3cc(Cl)ccc23)CC1. The van der Waals surface area contributed by atoms with Crippen LogP contribution in [0.2, 0.25) is 5.02 Å². The van der Waals surface area contributed by atoms with Gasteiger partial charge in [0.1, 0.15) is 5.82 Å². The van der Waals surface area contributed by atoms with E-state index < -0.39 is 0 Å². The fourth-order valence-electron chi connectivity index (χ4n) is 4.02. The average Bonchev–Trinajstić information content (AvgIpc) is 3.02. The highest BCUT2D eigenvalue weighted by molar-refractivity contribution is 6.31. The van der Waals surface area contributed by atoms with Crippen LogP contribution in [0.4, 0.5) is 4.39 Å². The molecule has 136 valence electrons. The summed E-state index contributed by atoms with van der Waals surface area (Å²) >= 11 is 6.26. The molecule has 1 saturated heterocycles. The van der Waals surface area contributed by atoms with Gasteiger partial charge in [-0.3, -0.25) is 0 Å². The normalized spacial score (nSPS) is 16.4. The molecule has 4 rings (SSSR count). The van der Waals surface area contributed by atoms with Crippen LogP contribution in [0.3, 0.4) is 0 Å². The molecular weight excluding hydrogens is 349 g/mol. The van der Waals surface area contributed by atoms with Gasteiger partial charge in [-0.1, -0.05) is 17.7 Å². The van der Waals surface area contributed by atoms with Crippen LogP contribution in [0.15, 0.2) is 48.7 Å². The van der Waals surface area contributed by atoms with E-state index in [1.54, 1.807) is 0 Å². The van der Waals surface area contributed by atoms with Crippen molar-refractivity contribution in [2.24, 2.45) is 5.73 Å². The van der Waals surface area contributed by atoms with E-state index in [2.05, 4.69) is 21.7 Å². The number of benzene rings is 2. The molecule has 1 aliphatic heterocycles. The Labute approximate surface area is 158 Å². The minimum Gasteiger partial charge on any atom is -0.329 e. The molecule has 0 radical (unpaired) electrons. The van der Waals surface area contributed by atoms with Crippen LogP contribution < -0.4 is 5.73 Å². The van der Waals surface area contributed by atoms with Crippen molar-refractivity contribution < 1.29 is 4.39 Å². The summed E-state index contributed by atoms with van der Waals surface area (Å²) in [6, 6.07) is 12.7. The summed E-state index contributed by atoms with van der Waals surface area (Å²) in [5.41, 5.74) is 9.07. The second-order valence-corrected chi connectivity index (χ2v) is 7.43. The van der Waals surface area contributed by atoms with Gasteiger partial charge in [0.15, 0.2) is 0 Å². The van der Waals surface area contributed by atoms with E-state index in [1.807, 2.05) is 24.3 Å². The van der Waals surface area contributed by atoms with Gasteiger partial charge in [-0.15, -0.1) is 0 Å². The van der Waals surface area contributed by atoms with Gasteiger partial charge in [-0.05, 0) is 73.8 Å². The predicted molar refractivity (Wildman–Crippen MR) is 106 cm³/mol. The number of nitrogens with zero attached hydrogens (tertiary/aromatic N) is 2. The Balaban J connectivity index is 1.73. The molecule has 1 fully saturated rings. The van der Waals surface area contributed by atoms with Gasteiger partial charge < -0.3 is 15.2 Å². The maximum absolute atomic E-state index is 13.3. The van der Waals surface area contributed by atoms with Gasteiger partial charge >= 0.3 is 0 Å². The Kier molecular flexibility index (Phi) is 4.98. The summed E-state index contributed by atoms with van der Waals surface area (Å²) in [4.78, 5) is 2.44. The predicted octanol–water partition coefficient (Wildman–Crippen LogP) is 4.56. The van der Waals surface area contributed by atoms with Crippen LogP contribution in [0, 0.1) is 5.82 Å². The van der Waals surface area contributed by atoms with E-state index in [4.69, 9.17) is 17.3 Å².